The Labute approximate surface area is 140 Å². The van der Waals surface area contributed by atoms with Crippen LogP contribution in [0.4, 0.5) is 0 Å². The van der Waals surface area contributed by atoms with E-state index in [1.165, 1.54) is 25.7 Å². The number of nitrogens with zero attached hydrogens (tertiary/aromatic N) is 2. The van der Waals surface area contributed by atoms with Gasteiger partial charge in [0.15, 0.2) is 0 Å². The predicted octanol–water partition coefficient (Wildman–Crippen LogP) is 6.22. The SMILES string of the molecule is CCCC1(Cn2c(C(C)Cl)nc3cc(Cl)c(Cl)cc32)CC1. The molecular weight excluding hydrogens is 327 g/mol. The Bertz CT molecular complexity index is 672. The molecule has 1 saturated carbocycles. The zero-order chi connectivity index (χ0) is 15.2. The summed E-state index contributed by atoms with van der Waals surface area (Å²) in [5.41, 5.74) is 2.34. The second-order valence-electron chi connectivity index (χ2n) is 6.18. The molecule has 5 heteroatoms. The summed E-state index contributed by atoms with van der Waals surface area (Å²) in [6, 6.07) is 3.74. The van der Waals surface area contributed by atoms with Gasteiger partial charge in [0.2, 0.25) is 0 Å². The molecule has 0 amide bonds. The summed E-state index contributed by atoms with van der Waals surface area (Å²) in [7, 11) is 0. The van der Waals surface area contributed by atoms with Gasteiger partial charge in [0.05, 0.1) is 26.5 Å². The molecule has 21 heavy (non-hydrogen) atoms. The van der Waals surface area contributed by atoms with E-state index in [2.05, 4.69) is 16.5 Å². The highest BCUT2D eigenvalue weighted by atomic mass is 35.5. The molecule has 2 nitrogen and oxygen atoms in total. The largest absolute Gasteiger partial charge is 0.326 e. The topological polar surface area (TPSA) is 17.8 Å². The van der Waals surface area contributed by atoms with E-state index in [-0.39, 0.29) is 5.38 Å². The van der Waals surface area contributed by atoms with Crippen molar-refractivity contribution in [1.29, 1.82) is 0 Å². The standard InChI is InChI=1S/C16H19Cl3N2/c1-3-4-16(5-6-16)9-21-14-8-12(19)11(18)7-13(14)20-15(21)10(2)17/h7-8,10H,3-6,9H2,1-2H3. The van der Waals surface area contributed by atoms with Crippen LogP contribution in [0.3, 0.4) is 0 Å². The number of hydrogen-bond acceptors (Lipinski definition) is 1. The predicted molar refractivity (Wildman–Crippen MR) is 90.6 cm³/mol. The van der Waals surface area contributed by atoms with Crippen LogP contribution in [0.5, 0.6) is 0 Å². The molecule has 1 aliphatic carbocycles. The number of hydrogen-bond donors (Lipinski definition) is 0. The van der Waals surface area contributed by atoms with E-state index < -0.39 is 0 Å². The molecule has 1 aromatic carbocycles. The van der Waals surface area contributed by atoms with Crippen LogP contribution in [-0.2, 0) is 6.54 Å². The lowest BCUT2D eigenvalue weighted by molar-refractivity contribution is 0.387. The maximum atomic E-state index is 6.34. The first-order valence-corrected chi connectivity index (χ1v) is 8.64. The highest BCUT2D eigenvalue weighted by molar-refractivity contribution is 6.42. The molecule has 0 spiro atoms. The molecular formula is C16H19Cl3N2. The van der Waals surface area contributed by atoms with Crippen LogP contribution in [0.15, 0.2) is 12.1 Å². The van der Waals surface area contributed by atoms with Crippen molar-refractivity contribution in [2.24, 2.45) is 5.41 Å². The normalized spacial score (nSPS) is 18.1. The summed E-state index contributed by atoms with van der Waals surface area (Å²) in [5.74, 6) is 0.910. The average molecular weight is 346 g/mol. The maximum absolute atomic E-state index is 6.34. The molecule has 1 aliphatic rings. The third kappa shape index (κ3) is 2.91. The Morgan fingerprint density at radius 3 is 2.52 bits per heavy atom. The van der Waals surface area contributed by atoms with Crippen LogP contribution >= 0.6 is 34.8 Å². The van der Waals surface area contributed by atoms with Gasteiger partial charge < -0.3 is 4.57 Å². The summed E-state index contributed by atoms with van der Waals surface area (Å²) in [6.45, 7) is 5.18. The lowest BCUT2D eigenvalue weighted by Crippen LogP contribution is -2.14. The number of alkyl halides is 1. The third-order valence-electron chi connectivity index (χ3n) is 4.41. The first-order valence-electron chi connectivity index (χ1n) is 7.45. The average Bonchev–Trinajstić information content (AvgIpc) is 3.09. The lowest BCUT2D eigenvalue weighted by atomic mass is 10.0. The van der Waals surface area contributed by atoms with Crippen molar-refractivity contribution in [3.8, 4) is 0 Å². The van der Waals surface area contributed by atoms with Crippen molar-refractivity contribution in [2.75, 3.05) is 0 Å². The summed E-state index contributed by atoms with van der Waals surface area (Å²) >= 11 is 18.6. The summed E-state index contributed by atoms with van der Waals surface area (Å²) in [6.07, 6.45) is 5.05. The summed E-state index contributed by atoms with van der Waals surface area (Å²) in [5, 5.41) is 0.976. The number of fused-ring (bicyclic) bond motifs is 1. The van der Waals surface area contributed by atoms with Crippen LogP contribution < -0.4 is 0 Å². The molecule has 0 N–H and O–H groups in total. The molecule has 114 valence electrons. The number of imidazole rings is 1. The maximum Gasteiger partial charge on any atom is 0.127 e. The van der Waals surface area contributed by atoms with Crippen LogP contribution in [0.25, 0.3) is 11.0 Å². The summed E-state index contributed by atoms with van der Waals surface area (Å²) in [4.78, 5) is 4.67. The molecule has 0 bridgehead atoms. The first kappa shape index (κ1) is 15.5. The van der Waals surface area contributed by atoms with Gasteiger partial charge >= 0.3 is 0 Å². The van der Waals surface area contributed by atoms with E-state index in [0.29, 0.717) is 15.5 Å². The van der Waals surface area contributed by atoms with Gasteiger partial charge in [-0.05, 0) is 43.7 Å². The van der Waals surface area contributed by atoms with Crippen molar-refractivity contribution >= 4 is 45.8 Å². The fourth-order valence-electron chi connectivity index (χ4n) is 3.14. The highest BCUT2D eigenvalue weighted by Crippen LogP contribution is 2.51. The smallest absolute Gasteiger partial charge is 0.127 e. The van der Waals surface area contributed by atoms with Crippen LogP contribution in [0.1, 0.15) is 50.7 Å². The van der Waals surface area contributed by atoms with Gasteiger partial charge in [-0.25, -0.2) is 4.98 Å². The van der Waals surface area contributed by atoms with Gasteiger partial charge in [0, 0.05) is 6.54 Å². The quantitative estimate of drug-likeness (QED) is 0.588. The van der Waals surface area contributed by atoms with Gasteiger partial charge in [-0.1, -0.05) is 36.5 Å². The van der Waals surface area contributed by atoms with Crippen molar-refractivity contribution in [3.63, 3.8) is 0 Å². The zero-order valence-corrected chi connectivity index (χ0v) is 14.6. The van der Waals surface area contributed by atoms with Crippen LogP contribution in [-0.4, -0.2) is 9.55 Å². The number of halogens is 3. The Kier molecular flexibility index (Phi) is 4.15. The molecule has 2 aromatic rings. The number of rotatable bonds is 5. The summed E-state index contributed by atoms with van der Waals surface area (Å²) < 4.78 is 2.25. The van der Waals surface area contributed by atoms with E-state index in [4.69, 9.17) is 34.8 Å². The van der Waals surface area contributed by atoms with Crippen molar-refractivity contribution in [3.05, 3.63) is 28.0 Å². The van der Waals surface area contributed by atoms with Crippen molar-refractivity contribution < 1.29 is 0 Å². The number of aromatic nitrogens is 2. The Hall–Kier alpha value is -0.440. The van der Waals surface area contributed by atoms with Gasteiger partial charge in [-0.2, -0.15) is 0 Å². The van der Waals surface area contributed by atoms with Gasteiger partial charge in [-0.3, -0.25) is 0 Å². The minimum Gasteiger partial charge on any atom is -0.326 e. The van der Waals surface area contributed by atoms with E-state index in [1.807, 2.05) is 19.1 Å². The molecule has 0 saturated heterocycles. The highest BCUT2D eigenvalue weighted by Gasteiger charge is 2.42. The molecule has 1 unspecified atom stereocenters. The molecule has 1 fully saturated rings. The number of benzene rings is 1. The minimum atomic E-state index is -0.132. The second kappa shape index (κ2) is 5.64. The molecule has 1 heterocycles. The van der Waals surface area contributed by atoms with Gasteiger partial charge in [0.1, 0.15) is 5.82 Å². The van der Waals surface area contributed by atoms with E-state index in [0.717, 1.165) is 23.4 Å². The molecule has 0 radical (unpaired) electrons. The lowest BCUT2D eigenvalue weighted by Gasteiger charge is -2.18. The van der Waals surface area contributed by atoms with E-state index in [9.17, 15) is 0 Å². The zero-order valence-electron chi connectivity index (χ0n) is 12.3. The van der Waals surface area contributed by atoms with Crippen molar-refractivity contribution in [1.82, 2.24) is 9.55 Å². The van der Waals surface area contributed by atoms with E-state index in [1.54, 1.807) is 0 Å². The van der Waals surface area contributed by atoms with E-state index >= 15 is 0 Å². The van der Waals surface area contributed by atoms with Crippen LogP contribution in [0, 0.1) is 5.41 Å². The second-order valence-corrected chi connectivity index (χ2v) is 7.65. The fourth-order valence-corrected chi connectivity index (χ4v) is 3.62. The molecule has 1 atom stereocenters. The first-order chi connectivity index (χ1) is 9.96. The monoisotopic (exact) mass is 344 g/mol. The Morgan fingerprint density at radius 1 is 1.29 bits per heavy atom. The molecule has 0 aliphatic heterocycles. The van der Waals surface area contributed by atoms with Gasteiger partial charge in [0.25, 0.3) is 0 Å². The van der Waals surface area contributed by atoms with Crippen LogP contribution in [0.2, 0.25) is 10.0 Å². The van der Waals surface area contributed by atoms with Gasteiger partial charge in [-0.15, -0.1) is 11.6 Å². The molecule has 3 rings (SSSR count). The Balaban J connectivity index is 2.10. The molecule has 1 aromatic heterocycles. The Morgan fingerprint density at radius 2 is 1.95 bits per heavy atom. The fraction of sp³-hybridized carbons (Fsp3) is 0.562. The third-order valence-corrected chi connectivity index (χ3v) is 5.32. The van der Waals surface area contributed by atoms with Crippen molar-refractivity contribution in [2.45, 2.75) is 51.5 Å². The minimum absolute atomic E-state index is 0.132.